The number of nitriles is 1. The van der Waals surface area contributed by atoms with Crippen molar-refractivity contribution in [3.05, 3.63) is 23.9 Å². The highest BCUT2D eigenvalue weighted by Crippen LogP contribution is 2.39. The summed E-state index contributed by atoms with van der Waals surface area (Å²) in [7, 11) is 4.48. The van der Waals surface area contributed by atoms with Gasteiger partial charge in [-0.05, 0) is 0 Å². The summed E-state index contributed by atoms with van der Waals surface area (Å²) >= 11 is 1.10. The third-order valence-corrected chi connectivity index (χ3v) is 4.06. The van der Waals surface area contributed by atoms with Crippen LogP contribution in [0, 0.1) is 11.3 Å². The second-order valence-electron chi connectivity index (χ2n) is 4.81. The zero-order valence-corrected chi connectivity index (χ0v) is 15.2. The number of thioether (sulfide) groups is 1. The Labute approximate surface area is 154 Å². The van der Waals surface area contributed by atoms with Gasteiger partial charge in [0.1, 0.15) is 17.5 Å². The molecule has 136 valence electrons. The first-order valence-corrected chi connectivity index (χ1v) is 8.26. The molecule has 1 amide bonds. The molecule has 1 heterocycles. The van der Waals surface area contributed by atoms with Gasteiger partial charge in [-0.1, -0.05) is 11.8 Å². The van der Waals surface area contributed by atoms with Crippen molar-refractivity contribution in [2.24, 2.45) is 0 Å². The van der Waals surface area contributed by atoms with E-state index >= 15 is 0 Å². The third-order valence-electron chi connectivity index (χ3n) is 3.20. The average molecular weight is 375 g/mol. The van der Waals surface area contributed by atoms with Gasteiger partial charge in [-0.2, -0.15) is 5.26 Å². The maximum absolute atomic E-state index is 12.2. The summed E-state index contributed by atoms with van der Waals surface area (Å²) in [6.45, 7) is 0. The number of benzene rings is 1. The lowest BCUT2D eigenvalue weighted by Gasteiger charge is -2.14. The van der Waals surface area contributed by atoms with Crippen molar-refractivity contribution >= 4 is 29.2 Å². The molecule has 2 aromatic rings. The van der Waals surface area contributed by atoms with Crippen LogP contribution in [-0.4, -0.2) is 43.0 Å². The number of anilines is 2. The van der Waals surface area contributed by atoms with E-state index in [1.54, 1.807) is 12.1 Å². The minimum atomic E-state index is -0.282. The minimum Gasteiger partial charge on any atom is -0.493 e. The van der Waals surface area contributed by atoms with E-state index < -0.39 is 0 Å². The number of aromatic nitrogens is 2. The van der Waals surface area contributed by atoms with Gasteiger partial charge in [0.15, 0.2) is 16.7 Å². The molecule has 0 aliphatic rings. The molecule has 26 heavy (non-hydrogen) atoms. The summed E-state index contributed by atoms with van der Waals surface area (Å²) in [6.07, 6.45) is 1.32. The molecule has 0 saturated heterocycles. The molecular weight excluding hydrogens is 358 g/mol. The van der Waals surface area contributed by atoms with Crippen LogP contribution in [0.1, 0.15) is 5.56 Å². The summed E-state index contributed by atoms with van der Waals surface area (Å²) in [4.78, 5) is 20.1. The first kappa shape index (κ1) is 19.1. The van der Waals surface area contributed by atoms with E-state index in [4.69, 9.17) is 25.2 Å². The van der Waals surface area contributed by atoms with Gasteiger partial charge in [0.2, 0.25) is 11.7 Å². The van der Waals surface area contributed by atoms with E-state index in [0.717, 1.165) is 11.8 Å². The second kappa shape index (κ2) is 8.77. The van der Waals surface area contributed by atoms with Crippen LogP contribution in [0.15, 0.2) is 23.5 Å². The van der Waals surface area contributed by atoms with Gasteiger partial charge in [0.25, 0.3) is 0 Å². The highest BCUT2D eigenvalue weighted by Gasteiger charge is 2.15. The second-order valence-corrected chi connectivity index (χ2v) is 5.76. The maximum Gasteiger partial charge on any atom is 0.234 e. The SMILES string of the molecule is COc1cc(NC(=O)CSc2ncc(C#N)c(N)n2)cc(OC)c1OC. The number of methoxy groups -OCH3 is 3. The van der Waals surface area contributed by atoms with E-state index in [9.17, 15) is 4.79 Å². The Kier molecular flexibility index (Phi) is 6.46. The summed E-state index contributed by atoms with van der Waals surface area (Å²) in [6, 6.07) is 5.13. The zero-order chi connectivity index (χ0) is 19.1. The highest BCUT2D eigenvalue weighted by atomic mass is 32.2. The number of carbonyl (C=O) groups excluding carboxylic acids is 1. The molecule has 1 aromatic carbocycles. The van der Waals surface area contributed by atoms with Gasteiger partial charge in [-0.25, -0.2) is 9.97 Å². The predicted molar refractivity (Wildman–Crippen MR) is 96.6 cm³/mol. The molecule has 3 N–H and O–H groups in total. The normalized spacial score (nSPS) is 9.92. The topological polar surface area (TPSA) is 132 Å². The Balaban J connectivity index is 2.06. The average Bonchev–Trinajstić information content (AvgIpc) is 2.65. The van der Waals surface area contributed by atoms with Crippen LogP contribution in [-0.2, 0) is 4.79 Å². The lowest BCUT2D eigenvalue weighted by Crippen LogP contribution is -2.14. The number of nitrogen functional groups attached to an aromatic ring is 1. The van der Waals surface area contributed by atoms with Gasteiger partial charge >= 0.3 is 0 Å². The molecule has 0 aliphatic carbocycles. The Morgan fingerprint density at radius 2 is 1.92 bits per heavy atom. The van der Waals surface area contributed by atoms with Crippen LogP contribution in [0.5, 0.6) is 17.2 Å². The quantitative estimate of drug-likeness (QED) is 0.548. The number of hydrogen-bond acceptors (Lipinski definition) is 9. The summed E-state index contributed by atoms with van der Waals surface area (Å²) in [5.74, 6) is 1.15. The van der Waals surface area contributed by atoms with Crippen molar-refractivity contribution in [1.82, 2.24) is 9.97 Å². The Morgan fingerprint density at radius 1 is 1.27 bits per heavy atom. The highest BCUT2D eigenvalue weighted by molar-refractivity contribution is 7.99. The molecule has 0 bridgehead atoms. The molecule has 0 fully saturated rings. The van der Waals surface area contributed by atoms with Gasteiger partial charge in [0.05, 0.1) is 33.3 Å². The lowest BCUT2D eigenvalue weighted by atomic mass is 10.2. The fourth-order valence-electron chi connectivity index (χ4n) is 2.01. The molecule has 0 radical (unpaired) electrons. The van der Waals surface area contributed by atoms with Crippen molar-refractivity contribution in [2.45, 2.75) is 5.16 Å². The van der Waals surface area contributed by atoms with Crippen LogP contribution in [0.2, 0.25) is 0 Å². The Morgan fingerprint density at radius 3 is 2.42 bits per heavy atom. The molecule has 0 spiro atoms. The largest absolute Gasteiger partial charge is 0.493 e. The van der Waals surface area contributed by atoms with Crippen LogP contribution in [0.4, 0.5) is 11.5 Å². The van der Waals surface area contributed by atoms with Crippen molar-refractivity contribution in [1.29, 1.82) is 5.26 Å². The number of nitrogens with two attached hydrogens (primary N) is 1. The summed E-state index contributed by atoms with van der Waals surface area (Å²) in [5, 5.41) is 11.8. The summed E-state index contributed by atoms with van der Waals surface area (Å²) < 4.78 is 15.7. The first-order chi connectivity index (χ1) is 12.5. The smallest absolute Gasteiger partial charge is 0.234 e. The van der Waals surface area contributed by atoms with Gasteiger partial charge in [0, 0.05) is 17.8 Å². The van der Waals surface area contributed by atoms with E-state index in [-0.39, 0.29) is 23.0 Å². The molecule has 0 atom stereocenters. The van der Waals surface area contributed by atoms with Gasteiger partial charge < -0.3 is 25.3 Å². The number of amides is 1. The zero-order valence-electron chi connectivity index (χ0n) is 14.4. The number of hydrogen-bond donors (Lipinski definition) is 2. The molecule has 0 unspecified atom stereocenters. The first-order valence-electron chi connectivity index (χ1n) is 7.27. The molecule has 0 aliphatic heterocycles. The predicted octanol–water partition coefficient (Wildman–Crippen LogP) is 1.69. The summed E-state index contributed by atoms with van der Waals surface area (Å²) in [5.41, 5.74) is 6.31. The lowest BCUT2D eigenvalue weighted by molar-refractivity contribution is -0.113. The van der Waals surface area contributed by atoms with E-state index in [0.29, 0.717) is 28.1 Å². The monoisotopic (exact) mass is 375 g/mol. The van der Waals surface area contributed by atoms with Crippen molar-refractivity contribution in [3.8, 4) is 23.3 Å². The standard InChI is InChI=1S/C16H17N5O4S/c1-23-11-4-10(5-12(24-2)14(11)25-3)20-13(22)8-26-16-19-7-9(6-17)15(18)21-16/h4-5,7H,8H2,1-3H3,(H,20,22)(H2,18,19,21). The van der Waals surface area contributed by atoms with Gasteiger partial charge in [-0.3, -0.25) is 4.79 Å². The molecule has 2 rings (SSSR count). The molecule has 9 nitrogen and oxygen atoms in total. The molecular formula is C16H17N5O4S. The number of rotatable bonds is 7. The van der Waals surface area contributed by atoms with Crippen molar-refractivity contribution in [2.75, 3.05) is 38.1 Å². The van der Waals surface area contributed by atoms with E-state index in [2.05, 4.69) is 15.3 Å². The Bertz CT molecular complexity index is 828. The van der Waals surface area contributed by atoms with E-state index in [1.165, 1.54) is 27.5 Å². The van der Waals surface area contributed by atoms with E-state index in [1.807, 2.05) is 6.07 Å². The fourth-order valence-corrected chi connectivity index (χ4v) is 2.64. The maximum atomic E-state index is 12.2. The molecule has 10 heteroatoms. The number of nitrogens with one attached hydrogen (secondary N) is 1. The van der Waals surface area contributed by atoms with Gasteiger partial charge in [-0.15, -0.1) is 0 Å². The van der Waals surface area contributed by atoms with Crippen LogP contribution < -0.4 is 25.3 Å². The van der Waals surface area contributed by atoms with Crippen molar-refractivity contribution in [3.63, 3.8) is 0 Å². The van der Waals surface area contributed by atoms with Crippen LogP contribution >= 0.6 is 11.8 Å². The number of ether oxygens (including phenoxy) is 3. The van der Waals surface area contributed by atoms with Crippen LogP contribution in [0.3, 0.4) is 0 Å². The molecule has 0 saturated carbocycles. The minimum absolute atomic E-state index is 0.0575. The number of carbonyl (C=O) groups is 1. The van der Waals surface area contributed by atoms with Crippen molar-refractivity contribution < 1.29 is 19.0 Å². The van der Waals surface area contributed by atoms with Crippen LogP contribution in [0.25, 0.3) is 0 Å². The molecule has 1 aromatic heterocycles. The Hall–Kier alpha value is -3.19. The number of nitrogens with zero attached hydrogens (tertiary/aromatic N) is 3. The third kappa shape index (κ3) is 4.46. The fraction of sp³-hybridized carbons (Fsp3) is 0.250.